The van der Waals surface area contributed by atoms with Crippen LogP contribution < -0.4 is 20.9 Å². The summed E-state index contributed by atoms with van der Waals surface area (Å²) in [6.45, 7) is 6.33. The Morgan fingerprint density at radius 3 is 2.70 bits per heavy atom. The van der Waals surface area contributed by atoms with Crippen LogP contribution in [0.2, 0.25) is 0 Å². The summed E-state index contributed by atoms with van der Waals surface area (Å²) < 4.78 is 10.5. The lowest BCUT2D eigenvalue weighted by molar-refractivity contribution is 0.200. The van der Waals surface area contributed by atoms with Crippen molar-refractivity contribution in [2.75, 3.05) is 6.61 Å². The first-order chi connectivity index (χ1) is 12.7. The van der Waals surface area contributed by atoms with Gasteiger partial charge in [-0.2, -0.15) is 5.26 Å². The molecule has 0 fully saturated rings. The number of primary amides is 1. The molecular weight excluding hydrogens is 346 g/mol. The minimum absolute atomic E-state index is 0.0615. The molecular formula is C19H23N5O3. The Labute approximate surface area is 158 Å². The van der Waals surface area contributed by atoms with Crippen molar-refractivity contribution < 1.29 is 14.3 Å². The van der Waals surface area contributed by atoms with E-state index in [2.05, 4.69) is 29.9 Å². The van der Waals surface area contributed by atoms with Crippen molar-refractivity contribution >= 4 is 6.09 Å². The molecule has 0 aliphatic rings. The predicted molar refractivity (Wildman–Crippen MR) is 99.9 cm³/mol. The van der Waals surface area contributed by atoms with Crippen LogP contribution in [0, 0.1) is 17.2 Å². The van der Waals surface area contributed by atoms with E-state index in [9.17, 15) is 10.1 Å². The average Bonchev–Trinajstić information content (AvgIpc) is 2.58. The minimum atomic E-state index is -0.953. The third kappa shape index (κ3) is 5.94. The largest absolute Gasteiger partial charge is 0.475 e. The monoisotopic (exact) mass is 369 g/mol. The summed E-state index contributed by atoms with van der Waals surface area (Å²) in [4.78, 5) is 19.0. The van der Waals surface area contributed by atoms with Crippen molar-refractivity contribution in [2.24, 2.45) is 17.4 Å². The molecule has 4 N–H and O–H groups in total. The molecule has 2 heterocycles. The fraction of sp³-hybridized carbons (Fsp3) is 0.368. The van der Waals surface area contributed by atoms with Gasteiger partial charge in [0.2, 0.25) is 11.8 Å². The number of ether oxygens (including phenoxy) is 2. The van der Waals surface area contributed by atoms with Gasteiger partial charge in [-0.25, -0.2) is 14.8 Å². The van der Waals surface area contributed by atoms with Crippen LogP contribution in [0.15, 0.2) is 30.6 Å². The Kier molecular flexibility index (Phi) is 6.32. The normalized spacial score (nSPS) is 12.9. The summed E-state index contributed by atoms with van der Waals surface area (Å²) in [5.41, 5.74) is 12.3. The van der Waals surface area contributed by atoms with Gasteiger partial charge in [0.25, 0.3) is 0 Å². The molecule has 1 unspecified atom stereocenters. The predicted octanol–water partition coefficient (Wildman–Crippen LogP) is 2.62. The fourth-order valence-corrected chi connectivity index (χ4v) is 2.78. The van der Waals surface area contributed by atoms with Crippen LogP contribution in [0.4, 0.5) is 4.79 Å². The van der Waals surface area contributed by atoms with E-state index in [-0.39, 0.29) is 23.9 Å². The number of rotatable bonds is 7. The maximum atomic E-state index is 10.9. The van der Waals surface area contributed by atoms with Gasteiger partial charge in [0.05, 0.1) is 0 Å². The van der Waals surface area contributed by atoms with E-state index in [1.54, 1.807) is 18.3 Å². The number of nitriles is 1. The van der Waals surface area contributed by atoms with Gasteiger partial charge >= 0.3 is 6.09 Å². The molecule has 8 nitrogen and oxygen atoms in total. The van der Waals surface area contributed by atoms with Crippen molar-refractivity contribution in [3.8, 4) is 29.0 Å². The van der Waals surface area contributed by atoms with Crippen molar-refractivity contribution in [1.29, 1.82) is 5.26 Å². The van der Waals surface area contributed by atoms with Crippen molar-refractivity contribution in [1.82, 2.24) is 9.97 Å². The molecule has 0 aromatic carbocycles. The summed E-state index contributed by atoms with van der Waals surface area (Å²) in [6, 6.07) is 6.95. The number of nitrogens with zero attached hydrogens (tertiary/aromatic N) is 3. The van der Waals surface area contributed by atoms with Crippen LogP contribution in [0.1, 0.15) is 32.8 Å². The molecule has 0 spiro atoms. The standard InChI is InChI=1S/C19H23N5O3/c1-12(2)8-19(3,22)11-26-17-14(9-20)6-15(10-24-17)13-4-5-23-16(7-13)27-18(21)25/h4-7,10,12H,8,11,22H2,1-3H3,(H2,21,25). The first-order valence-corrected chi connectivity index (χ1v) is 8.46. The third-order valence-corrected chi connectivity index (χ3v) is 3.66. The number of amides is 1. The molecule has 0 saturated heterocycles. The zero-order valence-corrected chi connectivity index (χ0v) is 15.6. The van der Waals surface area contributed by atoms with Crippen LogP contribution in [-0.4, -0.2) is 28.2 Å². The molecule has 2 aromatic heterocycles. The van der Waals surface area contributed by atoms with Crippen LogP contribution in [0.3, 0.4) is 0 Å². The summed E-state index contributed by atoms with van der Waals surface area (Å²) in [5, 5.41) is 9.44. The first kappa shape index (κ1) is 20.1. The van der Waals surface area contributed by atoms with E-state index in [4.69, 9.17) is 20.9 Å². The van der Waals surface area contributed by atoms with Gasteiger partial charge in [-0.15, -0.1) is 0 Å². The van der Waals surface area contributed by atoms with Crippen LogP contribution in [0.5, 0.6) is 11.8 Å². The maximum absolute atomic E-state index is 10.9. The van der Waals surface area contributed by atoms with Gasteiger partial charge < -0.3 is 20.9 Å². The van der Waals surface area contributed by atoms with Gasteiger partial charge in [0.15, 0.2) is 0 Å². The van der Waals surface area contributed by atoms with E-state index < -0.39 is 11.6 Å². The Bertz CT molecular complexity index is 859. The third-order valence-electron chi connectivity index (χ3n) is 3.66. The summed E-state index contributed by atoms with van der Waals surface area (Å²) in [7, 11) is 0. The lowest BCUT2D eigenvalue weighted by Crippen LogP contribution is -2.43. The van der Waals surface area contributed by atoms with Crippen LogP contribution in [0.25, 0.3) is 11.1 Å². The molecule has 8 heteroatoms. The van der Waals surface area contributed by atoms with Gasteiger partial charge in [0.1, 0.15) is 18.2 Å². The topological polar surface area (TPSA) is 137 Å². The number of carbonyl (C=O) groups is 1. The lowest BCUT2D eigenvalue weighted by Gasteiger charge is -2.26. The highest BCUT2D eigenvalue weighted by Gasteiger charge is 2.22. The molecule has 0 bridgehead atoms. The van der Waals surface area contributed by atoms with E-state index in [1.165, 1.54) is 12.3 Å². The summed E-state index contributed by atoms with van der Waals surface area (Å²) >= 11 is 0. The number of aromatic nitrogens is 2. The van der Waals surface area contributed by atoms with Crippen molar-refractivity contribution in [2.45, 2.75) is 32.7 Å². The molecule has 0 aliphatic carbocycles. The molecule has 0 radical (unpaired) electrons. The van der Waals surface area contributed by atoms with Crippen LogP contribution >= 0.6 is 0 Å². The molecule has 142 valence electrons. The van der Waals surface area contributed by atoms with E-state index in [0.29, 0.717) is 17.0 Å². The number of hydrogen-bond acceptors (Lipinski definition) is 7. The highest BCUT2D eigenvalue weighted by Crippen LogP contribution is 2.26. The second-order valence-corrected chi connectivity index (χ2v) is 7.03. The molecule has 2 aromatic rings. The smallest absolute Gasteiger partial charge is 0.411 e. The minimum Gasteiger partial charge on any atom is -0.475 e. The summed E-state index contributed by atoms with van der Waals surface area (Å²) in [6.07, 6.45) is 2.86. The average molecular weight is 369 g/mol. The van der Waals surface area contributed by atoms with Crippen molar-refractivity contribution in [3.05, 3.63) is 36.2 Å². The Hall–Kier alpha value is -3.18. The number of carbonyl (C=O) groups excluding carboxylic acids is 1. The lowest BCUT2D eigenvalue weighted by atomic mass is 9.93. The molecule has 0 aliphatic heterocycles. The highest BCUT2D eigenvalue weighted by molar-refractivity contribution is 5.70. The zero-order valence-electron chi connectivity index (χ0n) is 15.6. The van der Waals surface area contributed by atoms with Gasteiger partial charge in [-0.05, 0) is 37.0 Å². The molecule has 27 heavy (non-hydrogen) atoms. The van der Waals surface area contributed by atoms with E-state index in [0.717, 1.165) is 6.42 Å². The van der Waals surface area contributed by atoms with E-state index >= 15 is 0 Å². The zero-order chi connectivity index (χ0) is 20.0. The number of pyridine rings is 2. The van der Waals surface area contributed by atoms with Crippen molar-refractivity contribution in [3.63, 3.8) is 0 Å². The van der Waals surface area contributed by atoms with Gasteiger partial charge in [-0.1, -0.05) is 13.8 Å². The molecule has 1 atom stereocenters. The Morgan fingerprint density at radius 1 is 1.33 bits per heavy atom. The summed E-state index contributed by atoms with van der Waals surface area (Å²) in [5.74, 6) is 0.716. The second-order valence-electron chi connectivity index (χ2n) is 7.03. The Balaban J connectivity index is 2.21. The SMILES string of the molecule is CC(C)CC(C)(N)COc1ncc(-c2ccnc(OC(N)=O)c2)cc1C#N. The van der Waals surface area contributed by atoms with Crippen LogP contribution in [-0.2, 0) is 0 Å². The molecule has 0 saturated carbocycles. The fourth-order valence-electron chi connectivity index (χ4n) is 2.78. The second kappa shape index (κ2) is 8.47. The van der Waals surface area contributed by atoms with E-state index in [1.807, 2.05) is 6.92 Å². The number of hydrogen-bond donors (Lipinski definition) is 2. The molecule has 1 amide bonds. The quantitative estimate of drug-likeness (QED) is 0.765. The number of nitrogens with two attached hydrogens (primary N) is 2. The first-order valence-electron chi connectivity index (χ1n) is 8.46. The highest BCUT2D eigenvalue weighted by atomic mass is 16.6. The molecule has 2 rings (SSSR count). The van der Waals surface area contributed by atoms with Gasteiger partial charge in [0, 0.05) is 29.6 Å². The van der Waals surface area contributed by atoms with Gasteiger partial charge in [-0.3, -0.25) is 0 Å². The maximum Gasteiger partial charge on any atom is 0.411 e. The Morgan fingerprint density at radius 2 is 2.07 bits per heavy atom.